The van der Waals surface area contributed by atoms with Crippen molar-refractivity contribution in [1.29, 1.82) is 0 Å². The van der Waals surface area contributed by atoms with E-state index >= 15 is 0 Å². The predicted molar refractivity (Wildman–Crippen MR) is 91.3 cm³/mol. The fraction of sp³-hybridized carbons (Fsp3) is 0.600. The van der Waals surface area contributed by atoms with Crippen LogP contribution in [-0.4, -0.2) is 29.0 Å². The van der Waals surface area contributed by atoms with Gasteiger partial charge in [0.05, 0.1) is 0 Å². The van der Waals surface area contributed by atoms with Crippen molar-refractivity contribution in [3.05, 3.63) is 35.0 Å². The van der Waals surface area contributed by atoms with E-state index in [4.69, 9.17) is 0 Å². The predicted octanol–water partition coefficient (Wildman–Crippen LogP) is 4.24. The van der Waals surface area contributed by atoms with Crippen molar-refractivity contribution in [2.75, 3.05) is 13.1 Å². The Morgan fingerprint density at radius 1 is 1.27 bits per heavy atom. The molecular formula is C20H26N2. The van der Waals surface area contributed by atoms with Crippen LogP contribution in [0.3, 0.4) is 0 Å². The molecule has 3 aliphatic heterocycles. The number of nitrogens with one attached hydrogen (secondary N) is 1. The van der Waals surface area contributed by atoms with Crippen LogP contribution in [0.5, 0.6) is 0 Å². The fourth-order valence-electron chi connectivity index (χ4n) is 5.81. The van der Waals surface area contributed by atoms with Gasteiger partial charge in [-0.25, -0.2) is 0 Å². The van der Waals surface area contributed by atoms with Gasteiger partial charge in [-0.2, -0.15) is 0 Å². The van der Waals surface area contributed by atoms with E-state index in [0.717, 1.165) is 23.8 Å². The summed E-state index contributed by atoms with van der Waals surface area (Å²) in [5.41, 5.74) is 5.97. The van der Waals surface area contributed by atoms with Crippen molar-refractivity contribution in [2.24, 2.45) is 11.8 Å². The van der Waals surface area contributed by atoms with Crippen molar-refractivity contribution in [3.8, 4) is 0 Å². The quantitative estimate of drug-likeness (QED) is 0.833. The molecule has 4 aliphatic rings. The Bertz CT molecular complexity index is 729. The Hall–Kier alpha value is -1.28. The molecule has 2 heteroatoms. The highest BCUT2D eigenvalue weighted by atomic mass is 15.2. The molecule has 22 heavy (non-hydrogen) atoms. The van der Waals surface area contributed by atoms with Gasteiger partial charge in [-0.3, -0.25) is 4.90 Å². The number of H-pyrrole nitrogens is 1. The summed E-state index contributed by atoms with van der Waals surface area (Å²) in [7, 11) is 0. The first-order chi connectivity index (χ1) is 10.7. The van der Waals surface area contributed by atoms with Crippen LogP contribution in [0.2, 0.25) is 0 Å². The van der Waals surface area contributed by atoms with Crippen LogP contribution in [0.25, 0.3) is 10.9 Å². The Balaban J connectivity index is 1.69. The number of rotatable bonds is 1. The molecule has 4 heterocycles. The molecule has 1 N–H and O–H groups in total. The fourth-order valence-corrected chi connectivity index (χ4v) is 5.81. The highest BCUT2D eigenvalue weighted by Gasteiger charge is 2.48. The van der Waals surface area contributed by atoms with Crippen LogP contribution in [0.15, 0.2) is 18.2 Å². The van der Waals surface area contributed by atoms with Crippen molar-refractivity contribution >= 4 is 10.9 Å². The average molecular weight is 294 g/mol. The Morgan fingerprint density at radius 3 is 3.05 bits per heavy atom. The molecule has 1 saturated carbocycles. The van der Waals surface area contributed by atoms with E-state index in [1.165, 1.54) is 55.2 Å². The number of aromatic nitrogens is 1. The van der Waals surface area contributed by atoms with Crippen LogP contribution in [0, 0.1) is 18.8 Å². The molecule has 1 aromatic carbocycles. The van der Waals surface area contributed by atoms with Gasteiger partial charge in [0.25, 0.3) is 0 Å². The van der Waals surface area contributed by atoms with Gasteiger partial charge in [-0.1, -0.05) is 25.0 Å². The largest absolute Gasteiger partial charge is 0.358 e. The standard InChI is InChI=1S/C20H26N2/c1-3-14-9-13-10-17-19-15(6-7-22(11-13)20(14)17)16-8-12(2)4-5-18(16)21-19/h4-5,8,13-14,17,20-21H,3,6-7,9-11H2,1-2H3/t13?,14?,17-,20?/m0/s1. The van der Waals surface area contributed by atoms with E-state index in [0.29, 0.717) is 0 Å². The third-order valence-electron chi connectivity index (χ3n) is 6.67. The third kappa shape index (κ3) is 1.70. The Labute approximate surface area is 132 Å². The van der Waals surface area contributed by atoms with E-state index in [-0.39, 0.29) is 0 Å². The van der Waals surface area contributed by atoms with Gasteiger partial charge in [0.1, 0.15) is 0 Å². The first kappa shape index (κ1) is 13.2. The zero-order valence-electron chi connectivity index (χ0n) is 13.7. The molecule has 3 fully saturated rings. The highest BCUT2D eigenvalue weighted by molar-refractivity contribution is 5.85. The zero-order valence-corrected chi connectivity index (χ0v) is 13.7. The van der Waals surface area contributed by atoms with E-state index in [9.17, 15) is 0 Å². The van der Waals surface area contributed by atoms with Crippen molar-refractivity contribution < 1.29 is 0 Å². The molecule has 4 unspecified atom stereocenters. The molecule has 116 valence electrons. The van der Waals surface area contributed by atoms with Crippen LogP contribution in [0.1, 0.15) is 48.9 Å². The minimum atomic E-state index is 0.752. The molecule has 0 amide bonds. The minimum Gasteiger partial charge on any atom is -0.358 e. The number of benzene rings is 1. The van der Waals surface area contributed by atoms with Crippen LogP contribution < -0.4 is 0 Å². The lowest BCUT2D eigenvalue weighted by atomic mass is 9.65. The smallest absolute Gasteiger partial charge is 0.0459 e. The molecule has 1 aliphatic carbocycles. The highest BCUT2D eigenvalue weighted by Crippen LogP contribution is 2.50. The number of aromatic amines is 1. The maximum atomic E-state index is 3.84. The van der Waals surface area contributed by atoms with E-state index < -0.39 is 0 Å². The molecule has 5 atom stereocenters. The average Bonchev–Trinajstić information content (AvgIpc) is 2.85. The van der Waals surface area contributed by atoms with Crippen molar-refractivity contribution in [3.63, 3.8) is 0 Å². The summed E-state index contributed by atoms with van der Waals surface area (Å²) in [6.07, 6.45) is 5.47. The number of hydrogen-bond acceptors (Lipinski definition) is 1. The van der Waals surface area contributed by atoms with Gasteiger partial charge < -0.3 is 4.98 Å². The second kappa shape index (κ2) is 4.61. The van der Waals surface area contributed by atoms with Gasteiger partial charge in [0, 0.05) is 41.6 Å². The second-order valence-corrected chi connectivity index (χ2v) is 7.91. The van der Waals surface area contributed by atoms with Gasteiger partial charge in [0.15, 0.2) is 0 Å². The normalized spacial score (nSPS) is 36.4. The molecule has 0 spiro atoms. The maximum absolute atomic E-state index is 3.84. The Kier molecular flexibility index (Phi) is 2.76. The third-order valence-corrected chi connectivity index (χ3v) is 6.67. The topological polar surface area (TPSA) is 19.0 Å². The summed E-state index contributed by atoms with van der Waals surface area (Å²) in [6, 6.07) is 7.72. The summed E-state index contributed by atoms with van der Waals surface area (Å²) in [5, 5.41) is 1.49. The Morgan fingerprint density at radius 2 is 2.18 bits per heavy atom. The van der Waals surface area contributed by atoms with Crippen molar-refractivity contribution in [2.45, 2.75) is 51.5 Å². The monoisotopic (exact) mass is 294 g/mol. The number of fused-ring (bicyclic) bond motifs is 4. The van der Waals surface area contributed by atoms with E-state index in [2.05, 4.69) is 41.9 Å². The zero-order chi connectivity index (χ0) is 14.8. The van der Waals surface area contributed by atoms with Crippen LogP contribution in [0.4, 0.5) is 0 Å². The summed E-state index contributed by atoms with van der Waals surface area (Å²) in [5.74, 6) is 2.60. The second-order valence-electron chi connectivity index (χ2n) is 7.91. The lowest BCUT2D eigenvalue weighted by molar-refractivity contribution is -0.0134. The lowest BCUT2D eigenvalue weighted by Gasteiger charge is -2.53. The molecular weight excluding hydrogens is 268 g/mol. The van der Waals surface area contributed by atoms with E-state index in [1.54, 1.807) is 11.3 Å². The molecule has 2 aromatic rings. The number of piperidine rings is 2. The summed E-state index contributed by atoms with van der Waals surface area (Å²) >= 11 is 0. The number of nitrogens with zero attached hydrogens (tertiary/aromatic N) is 1. The molecule has 2 saturated heterocycles. The molecule has 0 radical (unpaired) electrons. The van der Waals surface area contributed by atoms with Gasteiger partial charge in [-0.15, -0.1) is 0 Å². The SMILES string of the molecule is CCC1CC2C[C@H]3c4[nH]c5ccc(C)cc5c4CCN(C2)C13. The minimum absolute atomic E-state index is 0.752. The first-order valence-electron chi connectivity index (χ1n) is 9.09. The summed E-state index contributed by atoms with van der Waals surface area (Å²) < 4.78 is 0. The maximum Gasteiger partial charge on any atom is 0.0459 e. The van der Waals surface area contributed by atoms with Gasteiger partial charge >= 0.3 is 0 Å². The van der Waals surface area contributed by atoms with Crippen LogP contribution in [-0.2, 0) is 6.42 Å². The number of hydrogen-bond donors (Lipinski definition) is 1. The molecule has 2 nitrogen and oxygen atoms in total. The lowest BCUT2D eigenvalue weighted by Crippen LogP contribution is -2.56. The van der Waals surface area contributed by atoms with E-state index in [1.807, 2.05) is 0 Å². The molecule has 6 rings (SSSR count). The van der Waals surface area contributed by atoms with Crippen LogP contribution >= 0.6 is 0 Å². The first-order valence-corrected chi connectivity index (χ1v) is 9.09. The molecule has 4 bridgehead atoms. The number of aryl methyl sites for hydroxylation is 1. The van der Waals surface area contributed by atoms with Crippen molar-refractivity contribution in [1.82, 2.24) is 9.88 Å². The molecule has 1 aromatic heterocycles. The summed E-state index contributed by atoms with van der Waals surface area (Å²) in [4.78, 5) is 6.68. The van der Waals surface area contributed by atoms with Gasteiger partial charge in [-0.05, 0) is 55.7 Å². The van der Waals surface area contributed by atoms with Gasteiger partial charge in [0.2, 0.25) is 0 Å². The summed E-state index contributed by atoms with van der Waals surface area (Å²) in [6.45, 7) is 7.24.